The molecule has 0 amide bonds. The summed E-state index contributed by atoms with van der Waals surface area (Å²) in [5.74, 6) is 0.272. The second-order valence-corrected chi connectivity index (χ2v) is 4.99. The maximum absolute atomic E-state index is 12.0. The molecule has 0 aliphatic carbocycles. The maximum atomic E-state index is 12.0. The molecule has 0 saturated carbocycles. The molecule has 18 heavy (non-hydrogen) atoms. The Labute approximate surface area is 109 Å². The zero-order chi connectivity index (χ0) is 12.8. The van der Waals surface area contributed by atoms with Crippen LogP contribution in [0.3, 0.4) is 0 Å². The third kappa shape index (κ3) is 3.93. The van der Waals surface area contributed by atoms with Crippen molar-refractivity contribution in [2.45, 2.75) is 19.8 Å². The Morgan fingerprint density at radius 1 is 1.33 bits per heavy atom. The van der Waals surface area contributed by atoms with Crippen LogP contribution in [0, 0.1) is 6.92 Å². The van der Waals surface area contributed by atoms with E-state index in [0.717, 1.165) is 50.3 Å². The molecule has 1 aliphatic heterocycles. The van der Waals surface area contributed by atoms with Crippen molar-refractivity contribution >= 4 is 5.78 Å². The molecular weight excluding hydrogens is 224 g/mol. The normalized spacial score (nSPS) is 16.7. The van der Waals surface area contributed by atoms with Crippen LogP contribution < -0.4 is 5.32 Å². The van der Waals surface area contributed by atoms with Crippen LogP contribution in [0.1, 0.15) is 28.8 Å². The summed E-state index contributed by atoms with van der Waals surface area (Å²) in [6.45, 7) is 7.44. The van der Waals surface area contributed by atoms with Gasteiger partial charge < -0.3 is 10.2 Å². The highest BCUT2D eigenvalue weighted by Crippen LogP contribution is 2.09. The highest BCUT2D eigenvalue weighted by atomic mass is 16.1. The predicted molar refractivity (Wildman–Crippen MR) is 74.1 cm³/mol. The van der Waals surface area contributed by atoms with E-state index in [9.17, 15) is 4.79 Å². The quantitative estimate of drug-likeness (QED) is 0.805. The molecule has 3 nitrogen and oxygen atoms in total. The third-order valence-electron chi connectivity index (χ3n) is 3.43. The second-order valence-electron chi connectivity index (χ2n) is 4.99. The minimum absolute atomic E-state index is 0.272. The average Bonchev–Trinajstić information content (AvgIpc) is 2.40. The van der Waals surface area contributed by atoms with Crippen molar-refractivity contribution in [2.24, 2.45) is 0 Å². The summed E-state index contributed by atoms with van der Waals surface area (Å²) < 4.78 is 0. The van der Waals surface area contributed by atoms with Gasteiger partial charge in [0.25, 0.3) is 0 Å². The first-order valence-corrected chi connectivity index (χ1v) is 6.78. The maximum Gasteiger partial charge on any atom is 0.162 e. The van der Waals surface area contributed by atoms with Crippen LogP contribution in [-0.4, -0.2) is 43.4 Å². The SMILES string of the molecule is Cc1cccc(C(=O)CCCN2CCNCC2)c1. The highest BCUT2D eigenvalue weighted by molar-refractivity contribution is 5.96. The monoisotopic (exact) mass is 246 g/mol. The van der Waals surface area contributed by atoms with Crippen LogP contribution in [0.2, 0.25) is 0 Å². The van der Waals surface area contributed by atoms with Crippen molar-refractivity contribution < 1.29 is 4.79 Å². The summed E-state index contributed by atoms with van der Waals surface area (Å²) in [6.07, 6.45) is 1.63. The van der Waals surface area contributed by atoms with Crippen molar-refractivity contribution in [3.05, 3.63) is 35.4 Å². The number of hydrogen-bond acceptors (Lipinski definition) is 3. The van der Waals surface area contributed by atoms with Gasteiger partial charge in [-0.25, -0.2) is 0 Å². The van der Waals surface area contributed by atoms with Crippen molar-refractivity contribution in [1.82, 2.24) is 10.2 Å². The number of rotatable bonds is 5. The van der Waals surface area contributed by atoms with Crippen LogP contribution >= 0.6 is 0 Å². The van der Waals surface area contributed by atoms with Gasteiger partial charge in [-0.05, 0) is 26.0 Å². The number of ketones is 1. The zero-order valence-electron chi connectivity index (χ0n) is 11.1. The summed E-state index contributed by atoms with van der Waals surface area (Å²) >= 11 is 0. The lowest BCUT2D eigenvalue weighted by Crippen LogP contribution is -2.43. The fourth-order valence-corrected chi connectivity index (χ4v) is 2.36. The highest BCUT2D eigenvalue weighted by Gasteiger charge is 2.10. The zero-order valence-corrected chi connectivity index (χ0v) is 11.1. The van der Waals surface area contributed by atoms with Gasteiger partial charge in [0, 0.05) is 38.2 Å². The fraction of sp³-hybridized carbons (Fsp3) is 0.533. The molecule has 0 aromatic heterocycles. The van der Waals surface area contributed by atoms with Gasteiger partial charge in [0.1, 0.15) is 0 Å². The number of nitrogens with zero attached hydrogens (tertiary/aromatic N) is 1. The number of aryl methyl sites for hydroxylation is 1. The first kappa shape index (κ1) is 13.2. The second kappa shape index (κ2) is 6.66. The first-order valence-electron chi connectivity index (χ1n) is 6.78. The predicted octanol–water partition coefficient (Wildman–Crippen LogP) is 1.86. The molecule has 1 aromatic carbocycles. The Bertz CT molecular complexity index is 397. The van der Waals surface area contributed by atoms with Gasteiger partial charge in [0.05, 0.1) is 0 Å². The van der Waals surface area contributed by atoms with Gasteiger partial charge in [0.2, 0.25) is 0 Å². The van der Waals surface area contributed by atoms with Crippen molar-refractivity contribution in [2.75, 3.05) is 32.7 Å². The number of piperazine rings is 1. The molecule has 2 rings (SSSR count). The van der Waals surface area contributed by atoms with Gasteiger partial charge in [-0.3, -0.25) is 4.79 Å². The lowest BCUT2D eigenvalue weighted by atomic mass is 10.0. The fourth-order valence-electron chi connectivity index (χ4n) is 2.36. The van der Waals surface area contributed by atoms with E-state index >= 15 is 0 Å². The average molecular weight is 246 g/mol. The molecule has 0 radical (unpaired) electrons. The van der Waals surface area contributed by atoms with Crippen LogP contribution in [-0.2, 0) is 0 Å². The van der Waals surface area contributed by atoms with Gasteiger partial charge in [-0.1, -0.05) is 23.8 Å². The molecule has 0 atom stereocenters. The standard InChI is InChI=1S/C15H22N2O/c1-13-4-2-5-14(12-13)15(18)6-3-9-17-10-7-16-8-11-17/h2,4-5,12,16H,3,6-11H2,1H3. The molecule has 0 bridgehead atoms. The Morgan fingerprint density at radius 3 is 2.83 bits per heavy atom. The van der Waals surface area contributed by atoms with E-state index < -0.39 is 0 Å². The van der Waals surface area contributed by atoms with Crippen LogP contribution in [0.4, 0.5) is 0 Å². The van der Waals surface area contributed by atoms with Crippen molar-refractivity contribution in [1.29, 1.82) is 0 Å². The number of benzene rings is 1. The number of carbonyl (C=O) groups is 1. The molecule has 1 heterocycles. The van der Waals surface area contributed by atoms with Crippen molar-refractivity contribution in [3.63, 3.8) is 0 Å². The largest absolute Gasteiger partial charge is 0.314 e. The van der Waals surface area contributed by atoms with E-state index in [1.54, 1.807) is 0 Å². The van der Waals surface area contributed by atoms with Crippen LogP contribution in [0.25, 0.3) is 0 Å². The molecular formula is C15H22N2O. The topological polar surface area (TPSA) is 32.3 Å². The smallest absolute Gasteiger partial charge is 0.162 e. The number of nitrogens with one attached hydrogen (secondary N) is 1. The van der Waals surface area contributed by atoms with Crippen molar-refractivity contribution in [3.8, 4) is 0 Å². The minimum atomic E-state index is 0.272. The summed E-state index contributed by atoms with van der Waals surface area (Å²) in [4.78, 5) is 14.4. The Hall–Kier alpha value is -1.19. The molecule has 0 spiro atoms. The van der Waals surface area contributed by atoms with E-state index in [4.69, 9.17) is 0 Å². The van der Waals surface area contributed by atoms with Gasteiger partial charge in [-0.2, -0.15) is 0 Å². The van der Waals surface area contributed by atoms with Gasteiger partial charge in [0.15, 0.2) is 5.78 Å². The molecule has 1 aliphatic rings. The van der Waals surface area contributed by atoms with E-state index in [2.05, 4.69) is 10.2 Å². The Morgan fingerprint density at radius 2 is 2.11 bits per heavy atom. The number of Topliss-reactive ketones (excluding diaryl/α,β-unsaturated/α-hetero) is 1. The summed E-state index contributed by atoms with van der Waals surface area (Å²) in [5.41, 5.74) is 2.01. The van der Waals surface area contributed by atoms with Crippen LogP contribution in [0.5, 0.6) is 0 Å². The van der Waals surface area contributed by atoms with E-state index in [1.165, 1.54) is 0 Å². The Balaban J connectivity index is 1.74. The third-order valence-corrected chi connectivity index (χ3v) is 3.43. The molecule has 3 heteroatoms. The molecule has 1 saturated heterocycles. The number of carbonyl (C=O) groups excluding carboxylic acids is 1. The van der Waals surface area contributed by atoms with Crippen LogP contribution in [0.15, 0.2) is 24.3 Å². The number of hydrogen-bond donors (Lipinski definition) is 1. The van der Waals surface area contributed by atoms with E-state index in [1.807, 2.05) is 31.2 Å². The lowest BCUT2D eigenvalue weighted by molar-refractivity contribution is 0.0973. The molecule has 98 valence electrons. The lowest BCUT2D eigenvalue weighted by Gasteiger charge is -2.26. The summed E-state index contributed by atoms with van der Waals surface area (Å²) in [5, 5.41) is 3.34. The molecule has 0 unspecified atom stereocenters. The van der Waals surface area contributed by atoms with Gasteiger partial charge in [-0.15, -0.1) is 0 Å². The van der Waals surface area contributed by atoms with E-state index in [0.29, 0.717) is 6.42 Å². The Kier molecular flexibility index (Phi) is 4.90. The first-order chi connectivity index (χ1) is 8.75. The minimum Gasteiger partial charge on any atom is -0.314 e. The summed E-state index contributed by atoms with van der Waals surface area (Å²) in [7, 11) is 0. The molecule has 1 fully saturated rings. The summed E-state index contributed by atoms with van der Waals surface area (Å²) in [6, 6.07) is 7.88. The van der Waals surface area contributed by atoms with E-state index in [-0.39, 0.29) is 5.78 Å². The van der Waals surface area contributed by atoms with Gasteiger partial charge >= 0.3 is 0 Å². The molecule has 1 N–H and O–H groups in total. The molecule has 1 aromatic rings.